The number of aryl methyl sites for hydroxylation is 1. The molecule has 0 bridgehead atoms. The number of anilines is 3. The molecule has 0 spiro atoms. The number of thiazole rings is 1. The van der Waals surface area contributed by atoms with Crippen molar-refractivity contribution in [3.05, 3.63) is 16.1 Å². The second-order valence-electron chi connectivity index (χ2n) is 4.68. The lowest BCUT2D eigenvalue weighted by Gasteiger charge is -2.21. The molecule has 0 saturated carbocycles. The number of nitrogen functional groups attached to an aromatic ring is 1. The smallest absolute Gasteiger partial charge is 0.232 e. The van der Waals surface area contributed by atoms with Crippen LogP contribution in [0.4, 0.5) is 17.8 Å². The first-order valence-corrected chi connectivity index (χ1v) is 7.80. The van der Waals surface area contributed by atoms with Crippen molar-refractivity contribution in [2.45, 2.75) is 27.3 Å². The summed E-state index contributed by atoms with van der Waals surface area (Å²) < 4.78 is 0. The van der Waals surface area contributed by atoms with Crippen molar-refractivity contribution in [2.75, 3.05) is 35.7 Å². The van der Waals surface area contributed by atoms with Gasteiger partial charge in [-0.2, -0.15) is 15.0 Å². The van der Waals surface area contributed by atoms with Crippen LogP contribution in [0.3, 0.4) is 0 Å². The first-order chi connectivity index (χ1) is 10.0. The third kappa shape index (κ3) is 3.78. The highest BCUT2D eigenvalue weighted by atomic mass is 32.1. The minimum atomic E-state index is 0.239. The number of hydrogen-bond acceptors (Lipinski definition) is 8. The van der Waals surface area contributed by atoms with E-state index in [1.807, 2.05) is 29.2 Å². The van der Waals surface area contributed by atoms with Gasteiger partial charge in [-0.05, 0) is 20.8 Å². The maximum atomic E-state index is 5.81. The summed E-state index contributed by atoms with van der Waals surface area (Å²) in [6.07, 6.45) is 0. The Morgan fingerprint density at radius 2 is 1.76 bits per heavy atom. The molecule has 0 aliphatic heterocycles. The number of rotatable bonds is 6. The van der Waals surface area contributed by atoms with E-state index in [0.717, 1.165) is 23.8 Å². The lowest BCUT2D eigenvalue weighted by atomic mass is 10.4. The van der Waals surface area contributed by atoms with Crippen LogP contribution in [0, 0.1) is 6.92 Å². The summed E-state index contributed by atoms with van der Waals surface area (Å²) in [5, 5.41) is 3.10. The molecule has 0 aliphatic carbocycles. The minimum Gasteiger partial charge on any atom is -0.368 e. The summed E-state index contributed by atoms with van der Waals surface area (Å²) in [5.41, 5.74) is 6.82. The lowest BCUT2D eigenvalue weighted by molar-refractivity contribution is 0.789. The van der Waals surface area contributed by atoms with Crippen molar-refractivity contribution in [1.82, 2.24) is 19.9 Å². The van der Waals surface area contributed by atoms with Crippen molar-refractivity contribution >= 4 is 29.2 Å². The molecule has 2 heterocycles. The maximum Gasteiger partial charge on any atom is 0.232 e. The van der Waals surface area contributed by atoms with Gasteiger partial charge in [0, 0.05) is 25.5 Å². The Balaban J connectivity index is 2.22. The molecular weight excluding hydrogens is 286 g/mol. The number of aromatic nitrogens is 4. The zero-order valence-corrected chi connectivity index (χ0v) is 13.7. The lowest BCUT2D eigenvalue weighted by Crippen LogP contribution is -2.27. The third-order valence-electron chi connectivity index (χ3n) is 3.08. The average molecular weight is 307 g/mol. The van der Waals surface area contributed by atoms with Gasteiger partial charge in [-0.1, -0.05) is 0 Å². The van der Waals surface area contributed by atoms with Gasteiger partial charge in [-0.25, -0.2) is 4.98 Å². The van der Waals surface area contributed by atoms with E-state index in [4.69, 9.17) is 5.73 Å². The first-order valence-electron chi connectivity index (χ1n) is 6.92. The van der Waals surface area contributed by atoms with Gasteiger partial charge in [0.05, 0.1) is 17.2 Å². The summed E-state index contributed by atoms with van der Waals surface area (Å²) in [6, 6.07) is 0. The van der Waals surface area contributed by atoms with Gasteiger partial charge in [0.1, 0.15) is 0 Å². The van der Waals surface area contributed by atoms with E-state index in [2.05, 4.69) is 33.8 Å². The summed E-state index contributed by atoms with van der Waals surface area (Å²) in [7, 11) is 1.93. The van der Waals surface area contributed by atoms with Crippen LogP contribution in [0.1, 0.15) is 24.5 Å². The molecule has 0 amide bonds. The summed E-state index contributed by atoms with van der Waals surface area (Å²) in [4.78, 5) is 21.4. The fourth-order valence-corrected chi connectivity index (χ4v) is 2.59. The van der Waals surface area contributed by atoms with E-state index in [9.17, 15) is 0 Å². The van der Waals surface area contributed by atoms with E-state index in [1.165, 1.54) is 0 Å². The standard InChI is InChI=1S/C13H21N7S/c1-5-20(6-2)13-17-11(14)16-12(18-13)19(4)7-10-8-21-9(3)15-10/h8H,5-7H2,1-4H3,(H2,14,16,17,18). The SMILES string of the molecule is CCN(CC)c1nc(N)nc(N(C)Cc2csc(C)n2)n1. The first kappa shape index (κ1) is 15.4. The fourth-order valence-electron chi connectivity index (χ4n) is 1.98. The Morgan fingerprint density at radius 3 is 2.33 bits per heavy atom. The molecular formula is C13H21N7S. The van der Waals surface area contributed by atoms with Crippen LogP contribution >= 0.6 is 11.3 Å². The molecule has 0 aliphatic rings. The van der Waals surface area contributed by atoms with Crippen LogP contribution in [0.2, 0.25) is 0 Å². The molecule has 8 heteroatoms. The summed E-state index contributed by atoms with van der Waals surface area (Å²) in [6.45, 7) is 8.41. The Labute approximate surface area is 128 Å². The highest BCUT2D eigenvalue weighted by molar-refractivity contribution is 7.09. The monoisotopic (exact) mass is 307 g/mol. The molecule has 2 aromatic rings. The second kappa shape index (κ2) is 6.66. The zero-order chi connectivity index (χ0) is 15.4. The topological polar surface area (TPSA) is 84.1 Å². The van der Waals surface area contributed by atoms with Crippen molar-refractivity contribution in [3.63, 3.8) is 0 Å². The molecule has 2 rings (SSSR count). The molecule has 0 saturated heterocycles. The van der Waals surface area contributed by atoms with Gasteiger partial charge in [0.2, 0.25) is 17.8 Å². The van der Waals surface area contributed by atoms with Gasteiger partial charge in [0.15, 0.2) is 0 Å². The Kier molecular flexibility index (Phi) is 4.89. The van der Waals surface area contributed by atoms with Gasteiger partial charge >= 0.3 is 0 Å². The van der Waals surface area contributed by atoms with Crippen LogP contribution in [-0.4, -0.2) is 40.1 Å². The summed E-state index contributed by atoms with van der Waals surface area (Å²) in [5.74, 6) is 1.42. The molecule has 0 unspecified atom stereocenters. The van der Waals surface area contributed by atoms with Crippen LogP contribution in [0.5, 0.6) is 0 Å². The molecule has 7 nitrogen and oxygen atoms in total. The van der Waals surface area contributed by atoms with Gasteiger partial charge in [0.25, 0.3) is 0 Å². The van der Waals surface area contributed by atoms with Crippen LogP contribution < -0.4 is 15.5 Å². The summed E-state index contributed by atoms with van der Waals surface area (Å²) >= 11 is 1.64. The fraction of sp³-hybridized carbons (Fsp3) is 0.538. The predicted octanol–water partition coefficient (Wildman–Crippen LogP) is 1.70. The van der Waals surface area contributed by atoms with Crippen molar-refractivity contribution < 1.29 is 0 Å². The van der Waals surface area contributed by atoms with Gasteiger partial charge in [-0.3, -0.25) is 0 Å². The van der Waals surface area contributed by atoms with Gasteiger partial charge < -0.3 is 15.5 Å². The number of nitrogens with two attached hydrogens (primary N) is 1. The van der Waals surface area contributed by atoms with Crippen molar-refractivity contribution in [2.24, 2.45) is 0 Å². The molecule has 21 heavy (non-hydrogen) atoms. The van der Waals surface area contributed by atoms with E-state index in [-0.39, 0.29) is 5.95 Å². The van der Waals surface area contributed by atoms with Crippen LogP contribution in [0.15, 0.2) is 5.38 Å². The molecule has 2 N–H and O–H groups in total. The van der Waals surface area contributed by atoms with Crippen LogP contribution in [-0.2, 0) is 6.54 Å². The highest BCUT2D eigenvalue weighted by Gasteiger charge is 2.13. The Hall–Kier alpha value is -1.96. The van der Waals surface area contributed by atoms with Crippen LogP contribution in [0.25, 0.3) is 0 Å². The second-order valence-corrected chi connectivity index (χ2v) is 5.74. The quantitative estimate of drug-likeness (QED) is 0.869. The molecule has 0 atom stereocenters. The normalized spacial score (nSPS) is 10.7. The molecule has 0 radical (unpaired) electrons. The zero-order valence-electron chi connectivity index (χ0n) is 12.9. The molecule has 2 aromatic heterocycles. The highest BCUT2D eigenvalue weighted by Crippen LogP contribution is 2.17. The molecule has 114 valence electrons. The van der Waals surface area contributed by atoms with Gasteiger partial charge in [-0.15, -0.1) is 11.3 Å². The molecule has 0 aromatic carbocycles. The predicted molar refractivity (Wildman–Crippen MR) is 86.8 cm³/mol. The minimum absolute atomic E-state index is 0.239. The molecule has 0 fully saturated rings. The Bertz CT molecular complexity index is 594. The van der Waals surface area contributed by atoms with Crippen molar-refractivity contribution in [1.29, 1.82) is 0 Å². The van der Waals surface area contributed by atoms with E-state index in [0.29, 0.717) is 18.4 Å². The average Bonchev–Trinajstić information content (AvgIpc) is 2.85. The van der Waals surface area contributed by atoms with Crippen molar-refractivity contribution in [3.8, 4) is 0 Å². The largest absolute Gasteiger partial charge is 0.368 e. The number of hydrogen-bond donors (Lipinski definition) is 1. The third-order valence-corrected chi connectivity index (χ3v) is 3.90. The number of nitrogens with zero attached hydrogens (tertiary/aromatic N) is 6. The van der Waals surface area contributed by atoms with E-state index in [1.54, 1.807) is 11.3 Å². The van der Waals surface area contributed by atoms with E-state index >= 15 is 0 Å². The van der Waals surface area contributed by atoms with E-state index < -0.39 is 0 Å². The Morgan fingerprint density at radius 1 is 1.10 bits per heavy atom. The maximum absolute atomic E-state index is 5.81.